The SMILES string of the molecule is CN1CCN(c2ccc(Nc3cc(-c4ccc(F)c(NC(=O)c5cc6ccccc6s5)c4)n[nH]c3=O)nc2)CC1. The van der Waals surface area contributed by atoms with Crippen LogP contribution in [0.4, 0.5) is 27.3 Å². The number of piperazine rings is 1. The number of hydrogen-bond acceptors (Lipinski definition) is 8. The van der Waals surface area contributed by atoms with E-state index < -0.39 is 17.3 Å². The summed E-state index contributed by atoms with van der Waals surface area (Å²) in [7, 11) is 2.11. The number of anilines is 4. The zero-order chi connectivity index (χ0) is 27.6. The minimum atomic E-state index is -0.578. The molecule has 0 aliphatic carbocycles. The Morgan fingerprint density at radius 2 is 1.82 bits per heavy atom. The quantitative estimate of drug-likeness (QED) is 0.273. The molecule has 40 heavy (non-hydrogen) atoms. The van der Waals surface area contributed by atoms with E-state index in [9.17, 15) is 14.0 Å². The van der Waals surface area contributed by atoms with Crippen molar-refractivity contribution < 1.29 is 9.18 Å². The van der Waals surface area contributed by atoms with Crippen molar-refractivity contribution in [1.82, 2.24) is 20.1 Å². The van der Waals surface area contributed by atoms with Crippen molar-refractivity contribution in [2.24, 2.45) is 0 Å². The highest BCUT2D eigenvalue weighted by molar-refractivity contribution is 7.20. The number of nitrogens with one attached hydrogen (secondary N) is 3. The summed E-state index contributed by atoms with van der Waals surface area (Å²) in [5.74, 6) is -0.471. The number of rotatable bonds is 6. The highest BCUT2D eigenvalue weighted by Gasteiger charge is 2.16. The first-order valence-corrected chi connectivity index (χ1v) is 13.6. The lowest BCUT2D eigenvalue weighted by atomic mass is 10.1. The number of carbonyl (C=O) groups excluding carboxylic acids is 1. The zero-order valence-corrected chi connectivity index (χ0v) is 22.5. The van der Waals surface area contributed by atoms with Crippen LogP contribution in [0, 0.1) is 5.82 Å². The van der Waals surface area contributed by atoms with E-state index in [-0.39, 0.29) is 11.4 Å². The van der Waals surface area contributed by atoms with E-state index in [0.29, 0.717) is 22.0 Å². The molecule has 3 aromatic heterocycles. The lowest BCUT2D eigenvalue weighted by Crippen LogP contribution is -2.44. The number of hydrogen-bond donors (Lipinski definition) is 3. The summed E-state index contributed by atoms with van der Waals surface area (Å²) in [6, 6.07) is 19.1. The van der Waals surface area contributed by atoms with E-state index in [4.69, 9.17) is 0 Å². The zero-order valence-electron chi connectivity index (χ0n) is 21.6. The van der Waals surface area contributed by atoms with Crippen LogP contribution in [0.25, 0.3) is 21.3 Å². The van der Waals surface area contributed by atoms with Crippen LogP contribution < -0.4 is 21.1 Å². The van der Waals surface area contributed by atoms with Crippen LogP contribution in [-0.4, -0.2) is 59.2 Å². The van der Waals surface area contributed by atoms with E-state index in [1.165, 1.54) is 29.5 Å². The maximum absolute atomic E-state index is 14.7. The molecular weight excluding hydrogens is 529 g/mol. The third kappa shape index (κ3) is 5.42. The molecule has 0 spiro atoms. The molecule has 6 rings (SSSR count). The van der Waals surface area contributed by atoms with Gasteiger partial charge in [0.15, 0.2) is 0 Å². The average molecular weight is 556 g/mol. The van der Waals surface area contributed by atoms with Gasteiger partial charge in [-0.15, -0.1) is 11.3 Å². The van der Waals surface area contributed by atoms with Crippen molar-refractivity contribution in [3.8, 4) is 11.3 Å². The maximum Gasteiger partial charge on any atom is 0.287 e. The molecule has 1 saturated heterocycles. The number of benzene rings is 2. The Labute approximate surface area is 233 Å². The van der Waals surface area contributed by atoms with Gasteiger partial charge in [0.1, 0.15) is 17.3 Å². The van der Waals surface area contributed by atoms with Gasteiger partial charge in [-0.2, -0.15) is 5.10 Å². The van der Waals surface area contributed by atoms with Crippen LogP contribution in [-0.2, 0) is 0 Å². The molecule has 5 aromatic rings. The van der Waals surface area contributed by atoms with Crippen LogP contribution in [0.2, 0.25) is 0 Å². The molecule has 1 aliphatic heterocycles. The van der Waals surface area contributed by atoms with Crippen molar-refractivity contribution in [2.75, 3.05) is 48.8 Å². The summed E-state index contributed by atoms with van der Waals surface area (Å²) in [6.07, 6.45) is 1.79. The number of aromatic nitrogens is 3. The molecule has 1 fully saturated rings. The minimum Gasteiger partial charge on any atom is -0.368 e. The van der Waals surface area contributed by atoms with Crippen LogP contribution in [0.15, 0.2) is 77.7 Å². The van der Waals surface area contributed by atoms with Gasteiger partial charge in [0.2, 0.25) is 0 Å². The number of amides is 1. The third-order valence-corrected chi connectivity index (χ3v) is 7.96. The molecule has 0 atom stereocenters. The number of pyridine rings is 1. The van der Waals surface area contributed by atoms with Crippen LogP contribution in [0.5, 0.6) is 0 Å². The van der Waals surface area contributed by atoms with Gasteiger partial charge in [-0.1, -0.05) is 18.2 Å². The predicted molar refractivity (Wildman–Crippen MR) is 157 cm³/mol. The average Bonchev–Trinajstić information content (AvgIpc) is 3.41. The molecule has 0 unspecified atom stereocenters. The fourth-order valence-corrected chi connectivity index (χ4v) is 5.51. The fraction of sp³-hybridized carbons (Fsp3) is 0.172. The highest BCUT2D eigenvalue weighted by atomic mass is 32.1. The second-order valence-corrected chi connectivity index (χ2v) is 10.7. The molecule has 2 aromatic carbocycles. The second kappa shape index (κ2) is 10.9. The maximum atomic E-state index is 14.7. The normalized spacial score (nSPS) is 13.9. The number of thiophene rings is 1. The third-order valence-electron chi connectivity index (χ3n) is 6.84. The first-order valence-electron chi connectivity index (χ1n) is 12.8. The molecule has 0 radical (unpaired) electrons. The van der Waals surface area contributed by atoms with Gasteiger partial charge in [-0.05, 0) is 61.0 Å². The smallest absolute Gasteiger partial charge is 0.287 e. The highest BCUT2D eigenvalue weighted by Crippen LogP contribution is 2.28. The topological polar surface area (TPSA) is 106 Å². The van der Waals surface area contributed by atoms with Gasteiger partial charge < -0.3 is 20.4 Å². The van der Waals surface area contributed by atoms with Gasteiger partial charge in [0.05, 0.1) is 28.1 Å². The number of nitrogens with zero attached hydrogens (tertiary/aromatic N) is 4. The Morgan fingerprint density at radius 3 is 2.60 bits per heavy atom. The lowest BCUT2D eigenvalue weighted by Gasteiger charge is -2.33. The van der Waals surface area contributed by atoms with Crippen molar-refractivity contribution in [3.05, 3.63) is 94.0 Å². The van der Waals surface area contributed by atoms with Gasteiger partial charge >= 0.3 is 0 Å². The van der Waals surface area contributed by atoms with Gasteiger partial charge in [-0.25, -0.2) is 14.5 Å². The Balaban J connectivity index is 1.20. The largest absolute Gasteiger partial charge is 0.368 e. The second-order valence-electron chi connectivity index (χ2n) is 9.61. The molecule has 11 heteroatoms. The Hall–Kier alpha value is -4.61. The Bertz CT molecular complexity index is 1710. The van der Waals surface area contributed by atoms with Crippen LogP contribution in [0.3, 0.4) is 0 Å². The van der Waals surface area contributed by atoms with Crippen molar-refractivity contribution >= 4 is 50.2 Å². The number of aromatic amines is 1. The molecule has 202 valence electrons. The van der Waals surface area contributed by atoms with Crippen LogP contribution >= 0.6 is 11.3 Å². The number of likely N-dealkylation sites (N-methyl/N-ethyl adjacent to an activating group) is 1. The fourth-order valence-electron chi connectivity index (χ4n) is 4.55. The monoisotopic (exact) mass is 555 g/mol. The molecule has 9 nitrogen and oxygen atoms in total. The summed E-state index contributed by atoms with van der Waals surface area (Å²) in [6.45, 7) is 3.86. The molecule has 1 aliphatic rings. The Morgan fingerprint density at radius 1 is 1.00 bits per heavy atom. The summed E-state index contributed by atoms with van der Waals surface area (Å²) in [5, 5.41) is 13.3. The van der Waals surface area contributed by atoms with E-state index in [0.717, 1.165) is 42.0 Å². The first-order chi connectivity index (χ1) is 19.4. The number of carbonyl (C=O) groups is 1. The van der Waals surface area contributed by atoms with Crippen molar-refractivity contribution in [3.63, 3.8) is 0 Å². The van der Waals surface area contributed by atoms with Crippen LogP contribution in [0.1, 0.15) is 9.67 Å². The van der Waals surface area contributed by atoms with E-state index in [2.05, 4.69) is 42.7 Å². The lowest BCUT2D eigenvalue weighted by molar-refractivity contribution is 0.103. The van der Waals surface area contributed by atoms with E-state index in [1.807, 2.05) is 36.4 Å². The van der Waals surface area contributed by atoms with E-state index in [1.54, 1.807) is 18.3 Å². The summed E-state index contributed by atoms with van der Waals surface area (Å²) < 4.78 is 15.6. The number of H-pyrrole nitrogens is 1. The summed E-state index contributed by atoms with van der Waals surface area (Å²) in [4.78, 5) is 34.9. The van der Waals surface area contributed by atoms with E-state index >= 15 is 0 Å². The number of halogens is 1. The van der Waals surface area contributed by atoms with Crippen molar-refractivity contribution in [2.45, 2.75) is 0 Å². The molecule has 4 heterocycles. The first kappa shape index (κ1) is 25.7. The molecule has 1 amide bonds. The molecule has 0 bridgehead atoms. The molecular formula is C29H26FN7O2S. The van der Waals surface area contributed by atoms with Gasteiger partial charge in [0, 0.05) is 36.4 Å². The predicted octanol–water partition coefficient (Wildman–Crippen LogP) is 4.93. The summed E-state index contributed by atoms with van der Waals surface area (Å²) >= 11 is 1.34. The standard InChI is InChI=1S/C29H26FN7O2S/c1-36-10-12-37(13-11-36)20-7-9-27(31-17-20)32-24-16-22(34-35-28(24)38)18-6-8-21(30)23(14-18)33-29(39)26-15-19-4-2-3-5-25(19)40-26/h2-9,14-17H,10-13H2,1H3,(H,33,39)(H,35,38)(H,31,32,34). The van der Waals surface area contributed by atoms with Gasteiger partial charge in [-0.3, -0.25) is 9.59 Å². The van der Waals surface area contributed by atoms with Crippen molar-refractivity contribution in [1.29, 1.82) is 0 Å². The van der Waals surface area contributed by atoms with Gasteiger partial charge in [0.25, 0.3) is 11.5 Å². The Kier molecular flexibility index (Phi) is 6.97. The summed E-state index contributed by atoms with van der Waals surface area (Å²) in [5.41, 5.74) is 1.78. The molecule has 0 saturated carbocycles. The number of fused-ring (bicyclic) bond motifs is 1. The minimum absolute atomic E-state index is 0.0172. The molecule has 3 N–H and O–H groups in total.